The van der Waals surface area contributed by atoms with E-state index in [1.54, 1.807) is 0 Å². The molecule has 3 rings (SSSR count). The molecule has 0 amide bonds. The normalized spacial score (nSPS) is 11.6. The SMILES string of the molecule is CCn1c(CCNc2ccc(S(N)(=O)=O)cc2[N+](=O)[O-])nc2ccccc21. The Morgan fingerprint density at radius 1 is 1.26 bits per heavy atom. The molecule has 1 aromatic heterocycles. The van der Waals surface area contributed by atoms with Crippen molar-refractivity contribution < 1.29 is 13.3 Å². The second-order valence-electron chi connectivity index (χ2n) is 5.92. The summed E-state index contributed by atoms with van der Waals surface area (Å²) in [6.07, 6.45) is 0.552. The van der Waals surface area contributed by atoms with Crippen molar-refractivity contribution in [2.75, 3.05) is 11.9 Å². The number of nitrogens with two attached hydrogens (primary N) is 1. The average molecular weight is 389 g/mol. The minimum atomic E-state index is -4.01. The van der Waals surface area contributed by atoms with Crippen LogP contribution in [0.2, 0.25) is 0 Å². The Balaban J connectivity index is 1.81. The average Bonchev–Trinajstić information content (AvgIpc) is 2.98. The van der Waals surface area contributed by atoms with Gasteiger partial charge < -0.3 is 9.88 Å². The van der Waals surface area contributed by atoms with Gasteiger partial charge in [-0.15, -0.1) is 0 Å². The smallest absolute Gasteiger partial charge is 0.293 e. The molecule has 0 fully saturated rings. The number of hydrogen-bond acceptors (Lipinski definition) is 6. The quantitative estimate of drug-likeness (QED) is 0.470. The van der Waals surface area contributed by atoms with E-state index in [1.165, 1.54) is 12.1 Å². The highest BCUT2D eigenvalue weighted by Crippen LogP contribution is 2.27. The number of aryl methyl sites for hydroxylation is 1. The van der Waals surface area contributed by atoms with Crippen LogP contribution in [-0.4, -0.2) is 29.4 Å². The molecule has 0 aliphatic carbocycles. The van der Waals surface area contributed by atoms with E-state index in [0.717, 1.165) is 29.5 Å². The van der Waals surface area contributed by atoms with Gasteiger partial charge >= 0.3 is 0 Å². The molecule has 0 bridgehead atoms. The minimum Gasteiger partial charge on any atom is -0.379 e. The number of benzene rings is 2. The van der Waals surface area contributed by atoms with Crippen LogP contribution in [0, 0.1) is 10.1 Å². The van der Waals surface area contributed by atoms with Crippen molar-refractivity contribution in [3.63, 3.8) is 0 Å². The van der Waals surface area contributed by atoms with Crippen LogP contribution >= 0.6 is 0 Å². The molecule has 142 valence electrons. The molecule has 0 saturated carbocycles. The van der Waals surface area contributed by atoms with Crippen molar-refractivity contribution in [2.24, 2.45) is 5.14 Å². The number of hydrogen-bond donors (Lipinski definition) is 2. The highest BCUT2D eigenvalue weighted by atomic mass is 32.2. The molecule has 10 heteroatoms. The summed E-state index contributed by atoms with van der Waals surface area (Å²) in [6, 6.07) is 11.4. The third-order valence-corrected chi connectivity index (χ3v) is 5.12. The van der Waals surface area contributed by atoms with E-state index in [4.69, 9.17) is 5.14 Å². The summed E-state index contributed by atoms with van der Waals surface area (Å²) in [5.41, 5.74) is 1.83. The summed E-state index contributed by atoms with van der Waals surface area (Å²) < 4.78 is 24.9. The van der Waals surface area contributed by atoms with E-state index in [-0.39, 0.29) is 16.3 Å². The summed E-state index contributed by atoms with van der Waals surface area (Å²) in [5.74, 6) is 0.870. The molecule has 1 heterocycles. The van der Waals surface area contributed by atoms with Crippen LogP contribution in [0.5, 0.6) is 0 Å². The van der Waals surface area contributed by atoms with Gasteiger partial charge in [0.25, 0.3) is 5.69 Å². The maximum atomic E-state index is 11.4. The van der Waals surface area contributed by atoms with Gasteiger partial charge in [0, 0.05) is 25.6 Å². The third kappa shape index (κ3) is 3.91. The van der Waals surface area contributed by atoms with Crippen LogP contribution < -0.4 is 10.5 Å². The first kappa shape index (κ1) is 18.8. The molecule has 0 aliphatic heterocycles. The lowest BCUT2D eigenvalue weighted by Gasteiger charge is -2.09. The molecule has 27 heavy (non-hydrogen) atoms. The molecule has 0 aliphatic rings. The Kier molecular flexibility index (Phi) is 5.10. The molecular weight excluding hydrogens is 370 g/mol. The summed E-state index contributed by atoms with van der Waals surface area (Å²) in [7, 11) is -4.01. The van der Waals surface area contributed by atoms with Crippen LogP contribution in [0.25, 0.3) is 11.0 Å². The first-order valence-electron chi connectivity index (χ1n) is 8.30. The monoisotopic (exact) mass is 389 g/mol. The van der Waals surface area contributed by atoms with Crippen molar-refractivity contribution >= 4 is 32.4 Å². The van der Waals surface area contributed by atoms with Gasteiger partial charge in [0.1, 0.15) is 11.5 Å². The van der Waals surface area contributed by atoms with Crippen molar-refractivity contribution in [1.29, 1.82) is 0 Å². The first-order valence-corrected chi connectivity index (χ1v) is 9.85. The zero-order chi connectivity index (χ0) is 19.6. The lowest BCUT2D eigenvalue weighted by atomic mass is 10.2. The summed E-state index contributed by atoms with van der Waals surface area (Å²) in [4.78, 5) is 14.9. The number of imidazole rings is 1. The van der Waals surface area contributed by atoms with Crippen molar-refractivity contribution in [1.82, 2.24) is 9.55 Å². The number of nitrogens with zero attached hydrogens (tertiary/aromatic N) is 3. The van der Waals surface area contributed by atoms with E-state index in [0.29, 0.717) is 13.0 Å². The number of rotatable bonds is 7. The number of para-hydroxylation sites is 2. The van der Waals surface area contributed by atoms with E-state index >= 15 is 0 Å². The Bertz CT molecular complexity index is 1110. The van der Waals surface area contributed by atoms with Gasteiger partial charge in [-0.1, -0.05) is 12.1 Å². The summed E-state index contributed by atoms with van der Waals surface area (Å²) >= 11 is 0. The molecule has 0 unspecified atom stereocenters. The first-order chi connectivity index (χ1) is 12.8. The summed E-state index contributed by atoms with van der Waals surface area (Å²) in [5, 5.41) is 19.3. The van der Waals surface area contributed by atoms with Gasteiger partial charge in [0.15, 0.2) is 0 Å². The third-order valence-electron chi connectivity index (χ3n) is 4.21. The molecule has 0 spiro atoms. The predicted octanol–water partition coefficient (Wildman–Crippen LogP) is 2.27. The Hall–Kier alpha value is -2.98. The van der Waals surface area contributed by atoms with Gasteiger partial charge in [-0.3, -0.25) is 10.1 Å². The number of nitro benzene ring substituents is 1. The predicted molar refractivity (Wildman–Crippen MR) is 102 cm³/mol. The van der Waals surface area contributed by atoms with Gasteiger partial charge in [-0.25, -0.2) is 18.5 Å². The largest absolute Gasteiger partial charge is 0.379 e. The van der Waals surface area contributed by atoms with E-state index in [2.05, 4.69) is 14.9 Å². The molecule has 0 atom stereocenters. The van der Waals surface area contributed by atoms with E-state index in [9.17, 15) is 18.5 Å². The standard InChI is InChI=1S/C17H19N5O4S/c1-2-21-15-6-4-3-5-14(15)20-17(21)9-10-19-13-8-7-12(27(18,25)26)11-16(13)22(23)24/h3-8,11,19H,2,9-10H2,1H3,(H2,18,25,26). The van der Waals surface area contributed by atoms with Crippen LogP contribution in [0.15, 0.2) is 47.4 Å². The van der Waals surface area contributed by atoms with Gasteiger partial charge in [-0.05, 0) is 31.2 Å². The Morgan fingerprint density at radius 2 is 2.00 bits per heavy atom. The number of sulfonamides is 1. The second-order valence-corrected chi connectivity index (χ2v) is 7.48. The highest BCUT2D eigenvalue weighted by Gasteiger charge is 2.19. The zero-order valence-corrected chi connectivity index (χ0v) is 15.4. The van der Waals surface area contributed by atoms with Gasteiger partial charge in [0.2, 0.25) is 10.0 Å². The lowest BCUT2D eigenvalue weighted by Crippen LogP contribution is -2.14. The number of primary sulfonamides is 1. The maximum Gasteiger partial charge on any atom is 0.293 e. The molecule has 3 N–H and O–H groups in total. The zero-order valence-electron chi connectivity index (χ0n) is 14.6. The molecule has 3 aromatic rings. The van der Waals surface area contributed by atoms with Crippen molar-refractivity contribution in [3.05, 3.63) is 58.4 Å². The fourth-order valence-corrected chi connectivity index (χ4v) is 3.50. The number of fused-ring (bicyclic) bond motifs is 1. The van der Waals surface area contributed by atoms with Gasteiger partial charge in [-0.2, -0.15) is 0 Å². The lowest BCUT2D eigenvalue weighted by molar-refractivity contribution is -0.384. The molecule has 0 radical (unpaired) electrons. The molecule has 9 nitrogen and oxygen atoms in total. The second kappa shape index (κ2) is 7.33. The number of nitrogens with one attached hydrogen (secondary N) is 1. The number of aromatic nitrogens is 2. The van der Waals surface area contributed by atoms with Crippen LogP contribution in [0.4, 0.5) is 11.4 Å². The highest BCUT2D eigenvalue weighted by molar-refractivity contribution is 7.89. The number of nitro groups is 1. The molecule has 0 saturated heterocycles. The van der Waals surface area contributed by atoms with Gasteiger partial charge in [0.05, 0.1) is 20.9 Å². The fourth-order valence-electron chi connectivity index (χ4n) is 2.97. The Morgan fingerprint density at radius 3 is 2.67 bits per heavy atom. The number of anilines is 1. The molecule has 2 aromatic carbocycles. The molecular formula is C17H19N5O4S. The maximum absolute atomic E-state index is 11.4. The van der Waals surface area contributed by atoms with E-state index in [1.807, 2.05) is 31.2 Å². The van der Waals surface area contributed by atoms with Crippen molar-refractivity contribution in [2.45, 2.75) is 24.8 Å². The Labute approximate surface area is 156 Å². The topological polar surface area (TPSA) is 133 Å². The van der Waals surface area contributed by atoms with E-state index < -0.39 is 14.9 Å². The summed E-state index contributed by atoms with van der Waals surface area (Å²) in [6.45, 7) is 3.19. The minimum absolute atomic E-state index is 0.228. The van der Waals surface area contributed by atoms with Crippen LogP contribution in [-0.2, 0) is 23.0 Å². The van der Waals surface area contributed by atoms with Crippen LogP contribution in [0.1, 0.15) is 12.7 Å². The van der Waals surface area contributed by atoms with Crippen LogP contribution in [0.3, 0.4) is 0 Å². The van der Waals surface area contributed by atoms with Crippen molar-refractivity contribution in [3.8, 4) is 0 Å². The fraction of sp³-hybridized carbons (Fsp3) is 0.235.